The molecule has 5 nitrogen and oxygen atoms in total. The molecule has 5 heteroatoms. The highest BCUT2D eigenvalue weighted by atomic mass is 16.4. The molecule has 0 aromatic carbocycles. The van der Waals surface area contributed by atoms with Gasteiger partial charge < -0.3 is 15.7 Å². The van der Waals surface area contributed by atoms with Crippen LogP contribution in [-0.2, 0) is 9.59 Å². The summed E-state index contributed by atoms with van der Waals surface area (Å²) in [6, 6.07) is 0. The van der Waals surface area contributed by atoms with Crippen molar-refractivity contribution >= 4 is 11.9 Å². The van der Waals surface area contributed by atoms with Gasteiger partial charge in [0, 0.05) is 12.5 Å². The summed E-state index contributed by atoms with van der Waals surface area (Å²) < 4.78 is 0. The van der Waals surface area contributed by atoms with Crippen molar-refractivity contribution in [1.82, 2.24) is 10.6 Å². The fourth-order valence-corrected chi connectivity index (χ4v) is 2.40. The van der Waals surface area contributed by atoms with Crippen LogP contribution in [0.1, 0.15) is 39.0 Å². The van der Waals surface area contributed by atoms with Gasteiger partial charge in [-0.25, -0.2) is 0 Å². The fourth-order valence-electron chi connectivity index (χ4n) is 2.40. The lowest BCUT2D eigenvalue weighted by molar-refractivity contribution is -0.144. The molecule has 104 valence electrons. The molecule has 0 aliphatic heterocycles. The second-order valence-electron chi connectivity index (χ2n) is 4.90. The van der Waals surface area contributed by atoms with Crippen molar-refractivity contribution in [3.63, 3.8) is 0 Å². The largest absolute Gasteiger partial charge is 0.481 e. The molecule has 0 spiro atoms. The van der Waals surface area contributed by atoms with Crippen LogP contribution in [0, 0.1) is 11.8 Å². The SMILES string of the molecule is CCNCCCNC(=O)C1CCCC(C(=O)O)C1. The first-order valence-electron chi connectivity index (χ1n) is 6.86. The minimum absolute atomic E-state index is 0.0254. The quantitative estimate of drug-likeness (QED) is 0.594. The van der Waals surface area contributed by atoms with Gasteiger partial charge in [-0.1, -0.05) is 13.3 Å². The minimum Gasteiger partial charge on any atom is -0.481 e. The van der Waals surface area contributed by atoms with Crippen LogP contribution in [0.4, 0.5) is 0 Å². The van der Waals surface area contributed by atoms with Crippen molar-refractivity contribution in [2.75, 3.05) is 19.6 Å². The Morgan fingerprint density at radius 2 is 1.94 bits per heavy atom. The number of amides is 1. The molecule has 1 amide bonds. The second-order valence-corrected chi connectivity index (χ2v) is 4.90. The van der Waals surface area contributed by atoms with Crippen LogP contribution in [0.2, 0.25) is 0 Å². The predicted molar refractivity (Wildman–Crippen MR) is 69.3 cm³/mol. The summed E-state index contributed by atoms with van der Waals surface area (Å²) >= 11 is 0. The lowest BCUT2D eigenvalue weighted by Gasteiger charge is -2.25. The molecule has 0 aromatic rings. The van der Waals surface area contributed by atoms with Crippen molar-refractivity contribution in [2.24, 2.45) is 11.8 Å². The van der Waals surface area contributed by atoms with Crippen molar-refractivity contribution in [3.8, 4) is 0 Å². The van der Waals surface area contributed by atoms with Gasteiger partial charge in [-0.3, -0.25) is 9.59 Å². The maximum atomic E-state index is 11.9. The number of rotatable bonds is 7. The molecule has 0 saturated heterocycles. The van der Waals surface area contributed by atoms with Crippen molar-refractivity contribution < 1.29 is 14.7 Å². The highest BCUT2D eigenvalue weighted by molar-refractivity contribution is 5.80. The smallest absolute Gasteiger partial charge is 0.306 e. The van der Waals surface area contributed by atoms with E-state index in [9.17, 15) is 9.59 Å². The number of carbonyl (C=O) groups excluding carboxylic acids is 1. The molecule has 0 bridgehead atoms. The standard InChI is InChI=1S/C13H24N2O3/c1-2-14-7-4-8-15-12(16)10-5-3-6-11(9-10)13(17)18/h10-11,14H,2-9H2,1H3,(H,15,16)(H,17,18). The monoisotopic (exact) mass is 256 g/mol. The molecular formula is C13H24N2O3. The zero-order valence-electron chi connectivity index (χ0n) is 11.1. The van der Waals surface area contributed by atoms with Gasteiger partial charge in [0.2, 0.25) is 5.91 Å². The van der Waals surface area contributed by atoms with Gasteiger partial charge in [-0.05, 0) is 38.8 Å². The third kappa shape index (κ3) is 5.04. The molecule has 0 radical (unpaired) electrons. The molecule has 2 unspecified atom stereocenters. The number of hydrogen-bond acceptors (Lipinski definition) is 3. The Labute approximate surface area is 108 Å². The van der Waals surface area contributed by atoms with E-state index < -0.39 is 5.97 Å². The fraction of sp³-hybridized carbons (Fsp3) is 0.846. The highest BCUT2D eigenvalue weighted by Crippen LogP contribution is 2.29. The summed E-state index contributed by atoms with van der Waals surface area (Å²) in [5, 5.41) is 15.1. The highest BCUT2D eigenvalue weighted by Gasteiger charge is 2.30. The van der Waals surface area contributed by atoms with Crippen LogP contribution in [0.5, 0.6) is 0 Å². The van der Waals surface area contributed by atoms with E-state index in [2.05, 4.69) is 10.6 Å². The molecule has 0 heterocycles. The van der Waals surface area contributed by atoms with Gasteiger partial charge in [0.25, 0.3) is 0 Å². The topological polar surface area (TPSA) is 78.4 Å². The third-order valence-electron chi connectivity index (χ3n) is 3.47. The molecule has 18 heavy (non-hydrogen) atoms. The molecule has 3 N–H and O–H groups in total. The van der Waals surface area contributed by atoms with Crippen LogP contribution in [0.3, 0.4) is 0 Å². The lowest BCUT2D eigenvalue weighted by Crippen LogP contribution is -2.36. The molecule has 1 fully saturated rings. The van der Waals surface area contributed by atoms with Crippen LogP contribution in [-0.4, -0.2) is 36.6 Å². The van der Waals surface area contributed by atoms with Gasteiger partial charge in [0.05, 0.1) is 5.92 Å². The summed E-state index contributed by atoms with van der Waals surface area (Å²) in [4.78, 5) is 22.8. The first-order chi connectivity index (χ1) is 8.65. The Hall–Kier alpha value is -1.10. The Morgan fingerprint density at radius 1 is 1.22 bits per heavy atom. The van der Waals surface area contributed by atoms with E-state index in [4.69, 9.17) is 5.11 Å². The molecule has 0 aromatic heterocycles. The second kappa shape index (κ2) is 8.08. The van der Waals surface area contributed by atoms with E-state index in [0.29, 0.717) is 19.4 Å². The summed E-state index contributed by atoms with van der Waals surface area (Å²) in [5.74, 6) is -1.19. The normalized spacial score (nSPS) is 23.6. The third-order valence-corrected chi connectivity index (χ3v) is 3.47. The van der Waals surface area contributed by atoms with Crippen LogP contribution in [0.25, 0.3) is 0 Å². The molecule has 1 aliphatic rings. The number of carboxylic acids is 1. The van der Waals surface area contributed by atoms with Crippen LogP contribution in [0.15, 0.2) is 0 Å². The number of hydrogen-bond donors (Lipinski definition) is 3. The summed E-state index contributed by atoms with van der Waals surface area (Å²) in [5.41, 5.74) is 0. The van der Waals surface area contributed by atoms with Gasteiger partial charge in [-0.2, -0.15) is 0 Å². The molecule has 1 saturated carbocycles. The first kappa shape index (κ1) is 15.0. The Bertz CT molecular complexity index is 281. The van der Waals surface area contributed by atoms with Crippen molar-refractivity contribution in [3.05, 3.63) is 0 Å². The number of nitrogens with one attached hydrogen (secondary N) is 2. The van der Waals surface area contributed by atoms with Crippen LogP contribution < -0.4 is 10.6 Å². The van der Waals surface area contributed by atoms with Gasteiger partial charge in [0.15, 0.2) is 0 Å². The van der Waals surface area contributed by atoms with Gasteiger partial charge in [0.1, 0.15) is 0 Å². The van der Waals surface area contributed by atoms with E-state index in [0.717, 1.165) is 32.4 Å². The lowest BCUT2D eigenvalue weighted by atomic mass is 9.81. The van der Waals surface area contributed by atoms with E-state index in [-0.39, 0.29) is 17.7 Å². The van der Waals surface area contributed by atoms with E-state index >= 15 is 0 Å². The van der Waals surface area contributed by atoms with Gasteiger partial charge >= 0.3 is 5.97 Å². The molecule has 1 rings (SSSR count). The van der Waals surface area contributed by atoms with Gasteiger partial charge in [-0.15, -0.1) is 0 Å². The van der Waals surface area contributed by atoms with Crippen molar-refractivity contribution in [1.29, 1.82) is 0 Å². The van der Waals surface area contributed by atoms with E-state index in [1.807, 2.05) is 6.92 Å². The molecular weight excluding hydrogens is 232 g/mol. The number of carboxylic acid groups (broad SMARTS) is 1. The van der Waals surface area contributed by atoms with E-state index in [1.165, 1.54) is 0 Å². The van der Waals surface area contributed by atoms with Crippen molar-refractivity contribution in [2.45, 2.75) is 39.0 Å². The number of aliphatic carboxylic acids is 1. The average Bonchev–Trinajstić information content (AvgIpc) is 2.38. The predicted octanol–water partition coefficient (Wildman–Crippen LogP) is 0.993. The Kier molecular flexibility index (Phi) is 6.72. The maximum Gasteiger partial charge on any atom is 0.306 e. The number of carbonyl (C=O) groups is 2. The molecule has 2 atom stereocenters. The Morgan fingerprint density at radius 3 is 2.61 bits per heavy atom. The minimum atomic E-state index is -0.764. The zero-order valence-corrected chi connectivity index (χ0v) is 11.1. The summed E-state index contributed by atoms with van der Waals surface area (Å²) in [6.45, 7) is 4.56. The Balaban J connectivity index is 2.22. The average molecular weight is 256 g/mol. The summed E-state index contributed by atoms with van der Waals surface area (Å²) in [7, 11) is 0. The maximum absolute atomic E-state index is 11.9. The zero-order chi connectivity index (χ0) is 13.4. The van der Waals surface area contributed by atoms with Crippen LogP contribution >= 0.6 is 0 Å². The summed E-state index contributed by atoms with van der Waals surface area (Å²) in [6.07, 6.45) is 3.78. The first-order valence-corrected chi connectivity index (χ1v) is 6.86. The van der Waals surface area contributed by atoms with E-state index in [1.54, 1.807) is 0 Å². The molecule has 1 aliphatic carbocycles.